The van der Waals surface area contributed by atoms with E-state index in [0.717, 1.165) is 12.5 Å². The third kappa shape index (κ3) is 5.69. The second-order valence-electron chi connectivity index (χ2n) is 7.02. The normalized spacial score (nSPS) is 27.0. The van der Waals surface area contributed by atoms with E-state index in [9.17, 15) is 35.1 Å². The van der Waals surface area contributed by atoms with Gasteiger partial charge in [-0.15, -0.1) is 0 Å². The van der Waals surface area contributed by atoms with E-state index in [1.807, 2.05) is 6.92 Å². The molecule has 9 heteroatoms. The number of carbonyl (C=O) groups excluding carboxylic acids is 2. The largest absolute Gasteiger partial charge is 0.504 e. The molecule has 1 aromatic carbocycles. The number of aromatic hydroxyl groups is 2. The van der Waals surface area contributed by atoms with E-state index < -0.39 is 48.7 Å². The van der Waals surface area contributed by atoms with Crippen LogP contribution in [0.3, 0.4) is 0 Å². The zero-order chi connectivity index (χ0) is 21.6. The van der Waals surface area contributed by atoms with Gasteiger partial charge in [0.25, 0.3) is 0 Å². The lowest BCUT2D eigenvalue weighted by Crippen LogP contribution is -2.58. The number of ether oxygens (including phenoxy) is 2. The first-order valence-electron chi connectivity index (χ1n) is 9.33. The van der Waals surface area contributed by atoms with Gasteiger partial charge in [-0.1, -0.05) is 19.4 Å². The molecule has 1 aliphatic carbocycles. The van der Waals surface area contributed by atoms with Gasteiger partial charge in [0, 0.05) is 18.9 Å². The van der Waals surface area contributed by atoms with Gasteiger partial charge in [0.15, 0.2) is 11.5 Å². The van der Waals surface area contributed by atoms with Crippen LogP contribution in [0.1, 0.15) is 38.2 Å². The van der Waals surface area contributed by atoms with Crippen LogP contribution < -0.4 is 0 Å². The highest BCUT2D eigenvalue weighted by molar-refractivity contribution is 5.91. The van der Waals surface area contributed by atoms with E-state index in [1.54, 1.807) is 0 Å². The average molecular weight is 410 g/mol. The minimum absolute atomic E-state index is 0.0893. The number of rotatable bonds is 7. The van der Waals surface area contributed by atoms with Crippen LogP contribution in [0.15, 0.2) is 24.3 Å². The monoisotopic (exact) mass is 410 g/mol. The molecule has 1 fully saturated rings. The lowest BCUT2D eigenvalue weighted by Gasteiger charge is -2.40. The number of hydrogen-bond donors (Lipinski definition) is 5. The van der Waals surface area contributed by atoms with Crippen LogP contribution in [-0.4, -0.2) is 68.0 Å². The highest BCUT2D eigenvalue weighted by Crippen LogP contribution is 2.34. The van der Waals surface area contributed by atoms with Crippen LogP contribution in [0.25, 0.3) is 6.08 Å². The van der Waals surface area contributed by atoms with Gasteiger partial charge >= 0.3 is 11.9 Å². The second kappa shape index (κ2) is 9.73. The maximum atomic E-state index is 12.6. The second-order valence-corrected chi connectivity index (χ2v) is 7.02. The van der Waals surface area contributed by atoms with Crippen molar-refractivity contribution in [1.82, 2.24) is 0 Å². The first-order chi connectivity index (χ1) is 13.7. The van der Waals surface area contributed by atoms with Gasteiger partial charge in [-0.05, 0) is 30.2 Å². The molecule has 0 amide bonds. The fourth-order valence-corrected chi connectivity index (χ4v) is 3.02. The predicted molar refractivity (Wildman–Crippen MR) is 101 cm³/mol. The minimum Gasteiger partial charge on any atom is -0.504 e. The summed E-state index contributed by atoms with van der Waals surface area (Å²) in [6.45, 7) is 1.99. The molecule has 2 rings (SSSR count). The summed E-state index contributed by atoms with van der Waals surface area (Å²) in [6.07, 6.45) is -1.63. The third-order valence-corrected chi connectivity index (χ3v) is 4.68. The summed E-state index contributed by atoms with van der Waals surface area (Å²) in [7, 11) is 0. The van der Waals surface area contributed by atoms with Crippen molar-refractivity contribution in [3.05, 3.63) is 29.8 Å². The summed E-state index contributed by atoms with van der Waals surface area (Å²) in [5, 5.41) is 48.6. The fraction of sp³-hybridized carbons (Fsp3) is 0.500. The Hall–Kier alpha value is -2.62. The highest BCUT2D eigenvalue weighted by Gasteiger charge is 2.53. The van der Waals surface area contributed by atoms with Gasteiger partial charge < -0.3 is 35.0 Å². The molecule has 0 aliphatic heterocycles. The Balaban J connectivity index is 2.17. The quantitative estimate of drug-likeness (QED) is 0.188. The Labute approximate surface area is 167 Å². The maximum Gasteiger partial charge on any atom is 0.350 e. The van der Waals surface area contributed by atoms with E-state index in [-0.39, 0.29) is 18.1 Å². The van der Waals surface area contributed by atoms with Gasteiger partial charge in [0.2, 0.25) is 5.60 Å². The number of phenolic OH excluding ortho intramolecular Hbond substituents is 2. The van der Waals surface area contributed by atoms with E-state index in [0.29, 0.717) is 12.0 Å². The molecular formula is C20H26O9. The first-order valence-corrected chi connectivity index (χ1v) is 9.33. The van der Waals surface area contributed by atoms with Crippen molar-refractivity contribution in [2.24, 2.45) is 0 Å². The van der Waals surface area contributed by atoms with E-state index >= 15 is 0 Å². The first kappa shape index (κ1) is 22.7. The number of hydrogen-bond acceptors (Lipinski definition) is 9. The van der Waals surface area contributed by atoms with Crippen molar-refractivity contribution >= 4 is 18.0 Å². The zero-order valence-electron chi connectivity index (χ0n) is 16.0. The molecule has 1 aliphatic rings. The van der Waals surface area contributed by atoms with Crippen molar-refractivity contribution in [2.75, 3.05) is 6.61 Å². The van der Waals surface area contributed by atoms with Crippen molar-refractivity contribution in [3.63, 3.8) is 0 Å². The molecular weight excluding hydrogens is 384 g/mol. The molecule has 0 spiro atoms. The standard InChI is InChI=1S/C20H26O9/c1-2-3-8-28-19(27)20(10-15(23)18(26)16(24)11-20)29-17(25)7-5-12-4-6-13(21)14(22)9-12/h4-7,9,15-16,18,21-24,26H,2-3,8,10-11H2,1H3. The van der Waals surface area contributed by atoms with Gasteiger partial charge in [-0.25, -0.2) is 9.59 Å². The van der Waals surface area contributed by atoms with Gasteiger partial charge in [0.05, 0.1) is 18.8 Å². The molecule has 1 aromatic rings. The molecule has 9 nitrogen and oxygen atoms in total. The summed E-state index contributed by atoms with van der Waals surface area (Å²) >= 11 is 0. The molecule has 1 saturated carbocycles. The van der Waals surface area contributed by atoms with Crippen LogP contribution in [-0.2, 0) is 19.1 Å². The molecule has 5 N–H and O–H groups in total. The Morgan fingerprint density at radius 3 is 2.38 bits per heavy atom. The molecule has 0 radical (unpaired) electrons. The summed E-state index contributed by atoms with van der Waals surface area (Å²) in [5.41, 5.74) is -1.56. The Morgan fingerprint density at radius 1 is 1.14 bits per heavy atom. The van der Waals surface area contributed by atoms with Crippen molar-refractivity contribution < 1.29 is 44.6 Å². The van der Waals surface area contributed by atoms with Gasteiger partial charge in [-0.3, -0.25) is 0 Å². The minimum atomic E-state index is -1.94. The average Bonchev–Trinajstić information content (AvgIpc) is 2.67. The Kier molecular flexibility index (Phi) is 7.60. The Bertz CT molecular complexity index is 746. The number of esters is 2. The molecule has 2 atom stereocenters. The molecule has 0 bridgehead atoms. The Morgan fingerprint density at radius 2 is 1.79 bits per heavy atom. The molecule has 29 heavy (non-hydrogen) atoms. The molecule has 160 valence electrons. The number of benzene rings is 1. The number of phenols is 2. The third-order valence-electron chi connectivity index (χ3n) is 4.68. The van der Waals surface area contributed by atoms with Crippen LogP contribution in [0, 0.1) is 0 Å². The summed E-state index contributed by atoms with van der Waals surface area (Å²) in [4.78, 5) is 24.9. The van der Waals surface area contributed by atoms with Crippen LogP contribution >= 0.6 is 0 Å². The fourth-order valence-electron chi connectivity index (χ4n) is 3.02. The van der Waals surface area contributed by atoms with Crippen molar-refractivity contribution in [3.8, 4) is 11.5 Å². The molecule has 2 unspecified atom stereocenters. The number of unbranched alkanes of at least 4 members (excludes halogenated alkanes) is 1. The van der Waals surface area contributed by atoms with Gasteiger partial charge in [0.1, 0.15) is 6.10 Å². The summed E-state index contributed by atoms with van der Waals surface area (Å²) in [6, 6.07) is 3.90. The maximum absolute atomic E-state index is 12.6. The summed E-state index contributed by atoms with van der Waals surface area (Å²) in [5.74, 6) is -2.54. The van der Waals surface area contributed by atoms with Crippen molar-refractivity contribution in [2.45, 2.75) is 56.5 Å². The van der Waals surface area contributed by atoms with Crippen LogP contribution in [0.4, 0.5) is 0 Å². The summed E-state index contributed by atoms with van der Waals surface area (Å²) < 4.78 is 10.4. The molecule has 0 aromatic heterocycles. The van der Waals surface area contributed by atoms with E-state index in [2.05, 4.69) is 0 Å². The lowest BCUT2D eigenvalue weighted by atomic mass is 9.79. The topological polar surface area (TPSA) is 154 Å². The number of carbonyl (C=O) groups is 2. The number of aliphatic hydroxyl groups excluding tert-OH is 3. The highest BCUT2D eigenvalue weighted by atomic mass is 16.6. The smallest absolute Gasteiger partial charge is 0.350 e. The van der Waals surface area contributed by atoms with E-state index in [1.165, 1.54) is 24.3 Å². The van der Waals surface area contributed by atoms with Crippen molar-refractivity contribution in [1.29, 1.82) is 0 Å². The predicted octanol–water partition coefficient (Wildman–Crippen LogP) is 0.613. The van der Waals surface area contributed by atoms with Gasteiger partial charge in [-0.2, -0.15) is 0 Å². The zero-order valence-corrected chi connectivity index (χ0v) is 16.0. The lowest BCUT2D eigenvalue weighted by molar-refractivity contribution is -0.205. The SMILES string of the molecule is CCCCOC(=O)C1(OC(=O)C=Cc2ccc(O)c(O)c2)CC(O)C(O)C(O)C1. The molecule has 0 heterocycles. The molecule has 0 saturated heterocycles. The van der Waals surface area contributed by atoms with E-state index in [4.69, 9.17) is 9.47 Å². The van der Waals surface area contributed by atoms with Crippen LogP contribution in [0.2, 0.25) is 0 Å². The number of aliphatic hydroxyl groups is 3. The van der Waals surface area contributed by atoms with Crippen LogP contribution in [0.5, 0.6) is 11.5 Å².